The van der Waals surface area contributed by atoms with Gasteiger partial charge in [0.1, 0.15) is 11.6 Å². The van der Waals surface area contributed by atoms with E-state index in [0.717, 1.165) is 0 Å². The lowest BCUT2D eigenvalue weighted by Gasteiger charge is -2.02. The third kappa shape index (κ3) is 1.40. The number of hydrogen-bond acceptors (Lipinski definition) is 1. The van der Waals surface area contributed by atoms with E-state index < -0.39 is 0 Å². The summed E-state index contributed by atoms with van der Waals surface area (Å²) in [5.74, 6) is -0.158. The lowest BCUT2D eigenvalue weighted by atomic mass is 10.1. The molecule has 2 aromatic rings. The molecule has 0 saturated heterocycles. The van der Waals surface area contributed by atoms with Crippen molar-refractivity contribution in [3.63, 3.8) is 0 Å². The number of halogens is 2. The first-order chi connectivity index (χ1) is 6.18. The standard InChI is InChI=1S/C10H6BrFO/c11-8-5-7(13)4-6-2-1-3-9(12)10(6)8/h1-5,13H. The first kappa shape index (κ1) is 8.51. The fourth-order valence-corrected chi connectivity index (χ4v) is 1.97. The second-order valence-corrected chi connectivity index (χ2v) is 3.62. The molecule has 0 fully saturated rings. The molecule has 0 aliphatic rings. The summed E-state index contributed by atoms with van der Waals surface area (Å²) in [5, 5.41) is 10.4. The highest BCUT2D eigenvalue weighted by atomic mass is 79.9. The van der Waals surface area contributed by atoms with Crippen molar-refractivity contribution in [1.29, 1.82) is 0 Å². The van der Waals surface area contributed by atoms with Crippen molar-refractivity contribution in [2.45, 2.75) is 0 Å². The van der Waals surface area contributed by atoms with Crippen molar-refractivity contribution in [3.05, 3.63) is 40.6 Å². The molecule has 1 N–H and O–H groups in total. The molecular weight excluding hydrogens is 235 g/mol. The average Bonchev–Trinajstić information content (AvgIpc) is 2.02. The minimum absolute atomic E-state index is 0.130. The molecule has 0 amide bonds. The third-order valence-corrected chi connectivity index (χ3v) is 2.49. The predicted molar refractivity (Wildman–Crippen MR) is 53.3 cm³/mol. The molecule has 2 aromatic carbocycles. The largest absolute Gasteiger partial charge is 0.508 e. The fraction of sp³-hybridized carbons (Fsp3) is 0. The second kappa shape index (κ2) is 3.00. The molecule has 0 aliphatic heterocycles. The Morgan fingerprint density at radius 3 is 2.77 bits per heavy atom. The SMILES string of the molecule is Oc1cc(Br)c2c(F)cccc2c1. The fourth-order valence-electron chi connectivity index (χ4n) is 1.32. The first-order valence-corrected chi connectivity index (χ1v) is 4.54. The zero-order valence-electron chi connectivity index (χ0n) is 6.59. The van der Waals surface area contributed by atoms with Gasteiger partial charge in [-0.15, -0.1) is 0 Å². The van der Waals surface area contributed by atoms with E-state index in [1.165, 1.54) is 18.2 Å². The van der Waals surface area contributed by atoms with E-state index in [9.17, 15) is 9.50 Å². The van der Waals surface area contributed by atoms with Crippen molar-refractivity contribution in [1.82, 2.24) is 0 Å². The van der Waals surface area contributed by atoms with Gasteiger partial charge in [-0.05, 0) is 39.5 Å². The van der Waals surface area contributed by atoms with Gasteiger partial charge in [0, 0.05) is 9.86 Å². The molecule has 2 rings (SSSR count). The summed E-state index contributed by atoms with van der Waals surface area (Å²) >= 11 is 3.20. The summed E-state index contributed by atoms with van der Waals surface area (Å²) in [6.07, 6.45) is 0. The minimum Gasteiger partial charge on any atom is -0.508 e. The van der Waals surface area contributed by atoms with E-state index in [1.54, 1.807) is 12.1 Å². The lowest BCUT2D eigenvalue weighted by molar-refractivity contribution is 0.476. The first-order valence-electron chi connectivity index (χ1n) is 3.75. The van der Waals surface area contributed by atoms with Crippen LogP contribution in [0.3, 0.4) is 0 Å². The topological polar surface area (TPSA) is 20.2 Å². The van der Waals surface area contributed by atoms with Crippen LogP contribution >= 0.6 is 15.9 Å². The number of benzene rings is 2. The van der Waals surface area contributed by atoms with Gasteiger partial charge in [-0.2, -0.15) is 0 Å². The molecule has 0 atom stereocenters. The Hall–Kier alpha value is -1.09. The van der Waals surface area contributed by atoms with Crippen molar-refractivity contribution in [3.8, 4) is 5.75 Å². The van der Waals surface area contributed by atoms with Crippen molar-refractivity contribution in [2.75, 3.05) is 0 Å². The molecule has 0 saturated carbocycles. The Labute approximate surface area is 82.9 Å². The van der Waals surface area contributed by atoms with Crippen LogP contribution in [0, 0.1) is 5.82 Å². The highest BCUT2D eigenvalue weighted by Crippen LogP contribution is 2.30. The Morgan fingerprint density at radius 1 is 1.23 bits per heavy atom. The van der Waals surface area contributed by atoms with Crippen LogP contribution in [0.15, 0.2) is 34.8 Å². The number of phenols is 1. The number of hydrogen-bond donors (Lipinski definition) is 1. The van der Waals surface area contributed by atoms with Crippen LogP contribution in [0.2, 0.25) is 0 Å². The summed E-state index contributed by atoms with van der Waals surface area (Å²) in [5.41, 5.74) is 0. The number of fused-ring (bicyclic) bond motifs is 1. The van der Waals surface area contributed by atoms with Gasteiger partial charge in [-0.25, -0.2) is 4.39 Å². The van der Waals surface area contributed by atoms with Crippen LogP contribution in [0.5, 0.6) is 5.75 Å². The molecule has 0 aliphatic carbocycles. The lowest BCUT2D eigenvalue weighted by Crippen LogP contribution is -1.80. The average molecular weight is 241 g/mol. The van der Waals surface area contributed by atoms with Crippen molar-refractivity contribution in [2.24, 2.45) is 0 Å². The molecular formula is C10H6BrFO. The highest BCUT2D eigenvalue weighted by Gasteiger charge is 2.05. The number of aromatic hydroxyl groups is 1. The van der Waals surface area contributed by atoms with Crippen LogP contribution in [0.4, 0.5) is 4.39 Å². The summed E-state index contributed by atoms with van der Waals surface area (Å²) in [6, 6.07) is 7.77. The molecule has 13 heavy (non-hydrogen) atoms. The molecule has 0 spiro atoms. The second-order valence-electron chi connectivity index (χ2n) is 2.77. The van der Waals surface area contributed by atoms with Gasteiger partial charge < -0.3 is 5.11 Å². The van der Waals surface area contributed by atoms with E-state index in [1.807, 2.05) is 0 Å². The molecule has 3 heteroatoms. The van der Waals surface area contributed by atoms with Crippen LogP contribution in [0.1, 0.15) is 0 Å². The van der Waals surface area contributed by atoms with E-state index in [0.29, 0.717) is 15.2 Å². The van der Waals surface area contributed by atoms with E-state index in [4.69, 9.17) is 0 Å². The smallest absolute Gasteiger partial charge is 0.132 e. The van der Waals surface area contributed by atoms with E-state index in [2.05, 4.69) is 15.9 Å². The van der Waals surface area contributed by atoms with Crippen LogP contribution < -0.4 is 0 Å². The van der Waals surface area contributed by atoms with Crippen LogP contribution in [-0.4, -0.2) is 5.11 Å². The van der Waals surface area contributed by atoms with Gasteiger partial charge in [0.15, 0.2) is 0 Å². The summed E-state index contributed by atoms with van der Waals surface area (Å²) in [7, 11) is 0. The molecule has 0 heterocycles. The molecule has 1 nitrogen and oxygen atoms in total. The van der Waals surface area contributed by atoms with E-state index in [-0.39, 0.29) is 11.6 Å². The normalized spacial score (nSPS) is 10.6. The maximum atomic E-state index is 13.3. The molecule has 0 unspecified atom stereocenters. The summed E-state index contributed by atoms with van der Waals surface area (Å²) in [6.45, 7) is 0. The van der Waals surface area contributed by atoms with Gasteiger partial charge >= 0.3 is 0 Å². The van der Waals surface area contributed by atoms with Crippen LogP contribution in [-0.2, 0) is 0 Å². The monoisotopic (exact) mass is 240 g/mol. The molecule has 0 bridgehead atoms. The summed E-state index contributed by atoms with van der Waals surface area (Å²) in [4.78, 5) is 0. The van der Waals surface area contributed by atoms with Crippen LogP contribution in [0.25, 0.3) is 10.8 Å². The van der Waals surface area contributed by atoms with Gasteiger partial charge in [0.2, 0.25) is 0 Å². The third-order valence-electron chi connectivity index (χ3n) is 1.86. The van der Waals surface area contributed by atoms with Gasteiger partial charge in [0.25, 0.3) is 0 Å². The Morgan fingerprint density at radius 2 is 2.00 bits per heavy atom. The van der Waals surface area contributed by atoms with E-state index >= 15 is 0 Å². The number of phenolic OH excluding ortho intramolecular Hbond substituents is 1. The zero-order valence-corrected chi connectivity index (χ0v) is 8.18. The molecule has 0 aromatic heterocycles. The predicted octanol–water partition coefficient (Wildman–Crippen LogP) is 3.45. The Kier molecular flexibility index (Phi) is 1.96. The summed E-state index contributed by atoms with van der Waals surface area (Å²) < 4.78 is 13.8. The zero-order chi connectivity index (χ0) is 9.42. The maximum Gasteiger partial charge on any atom is 0.132 e. The highest BCUT2D eigenvalue weighted by molar-refractivity contribution is 9.10. The van der Waals surface area contributed by atoms with Crippen molar-refractivity contribution < 1.29 is 9.50 Å². The Bertz CT molecular complexity index is 468. The molecule has 0 radical (unpaired) electrons. The Balaban J connectivity index is 2.94. The van der Waals surface area contributed by atoms with Gasteiger partial charge in [0.05, 0.1) is 0 Å². The minimum atomic E-state index is -0.288. The van der Waals surface area contributed by atoms with Gasteiger partial charge in [-0.3, -0.25) is 0 Å². The van der Waals surface area contributed by atoms with Gasteiger partial charge in [-0.1, -0.05) is 12.1 Å². The molecule has 66 valence electrons. The quantitative estimate of drug-likeness (QED) is 0.748. The van der Waals surface area contributed by atoms with Crippen molar-refractivity contribution >= 4 is 26.7 Å². The maximum absolute atomic E-state index is 13.3. The number of rotatable bonds is 0.